The largest absolute Gasteiger partial charge is 0.467 e. The molecule has 0 aliphatic carbocycles. The van der Waals surface area contributed by atoms with Crippen molar-refractivity contribution in [3.8, 4) is 0 Å². The van der Waals surface area contributed by atoms with E-state index in [0.29, 0.717) is 0 Å². The van der Waals surface area contributed by atoms with Gasteiger partial charge in [-0.3, -0.25) is 0 Å². The number of hydrogen-bond acceptors (Lipinski definition) is 3. The van der Waals surface area contributed by atoms with Gasteiger partial charge in [-0.25, -0.2) is 4.79 Å². The number of ether oxygens (including phenoxy) is 2. The summed E-state index contributed by atoms with van der Waals surface area (Å²) in [5.74, 6) is -0.209. The molecule has 0 bridgehead atoms. The van der Waals surface area contributed by atoms with Crippen molar-refractivity contribution in [1.82, 2.24) is 0 Å². The lowest BCUT2D eigenvalue weighted by Crippen LogP contribution is -2.11. The number of unbranched alkanes of at least 4 members (excludes halogenated alkanes) is 12. The highest BCUT2D eigenvalue weighted by Gasteiger charge is 2.45. The number of esters is 1. The van der Waals surface area contributed by atoms with E-state index < -0.39 is 0 Å². The minimum absolute atomic E-state index is 0.139. The predicted octanol–water partition coefficient (Wildman–Crippen LogP) is 5.41. The van der Waals surface area contributed by atoms with Gasteiger partial charge >= 0.3 is 5.97 Å². The molecule has 0 saturated carbocycles. The van der Waals surface area contributed by atoms with Crippen molar-refractivity contribution < 1.29 is 14.3 Å². The summed E-state index contributed by atoms with van der Waals surface area (Å²) in [5, 5.41) is 0. The molecule has 0 unspecified atom stereocenters. The highest BCUT2D eigenvalue weighted by atomic mass is 16.6. The summed E-state index contributed by atoms with van der Waals surface area (Å²) in [6, 6.07) is 0. The maximum atomic E-state index is 11.2. The predicted molar refractivity (Wildman–Crippen MR) is 91.0 cm³/mol. The van der Waals surface area contributed by atoms with Crippen molar-refractivity contribution in [2.45, 2.75) is 109 Å². The number of carbonyl (C=O) groups is 1. The van der Waals surface area contributed by atoms with Gasteiger partial charge in [0, 0.05) is 0 Å². The topological polar surface area (TPSA) is 38.8 Å². The summed E-state index contributed by atoms with van der Waals surface area (Å²) in [7, 11) is 1.42. The summed E-state index contributed by atoms with van der Waals surface area (Å²) >= 11 is 0. The molecule has 1 saturated heterocycles. The molecule has 3 heteroatoms. The lowest BCUT2D eigenvalue weighted by molar-refractivity contribution is -0.142. The number of rotatable bonds is 15. The summed E-state index contributed by atoms with van der Waals surface area (Å²) < 4.78 is 9.96. The molecule has 2 atom stereocenters. The van der Waals surface area contributed by atoms with E-state index in [0.717, 1.165) is 6.42 Å². The molecule has 0 spiro atoms. The molecule has 3 nitrogen and oxygen atoms in total. The second kappa shape index (κ2) is 12.9. The van der Waals surface area contributed by atoms with E-state index in [4.69, 9.17) is 4.74 Å². The van der Waals surface area contributed by atoms with Crippen LogP contribution >= 0.6 is 0 Å². The lowest BCUT2D eigenvalue weighted by Gasteiger charge is -2.02. The van der Waals surface area contributed by atoms with Gasteiger partial charge in [0.05, 0.1) is 13.2 Å². The van der Waals surface area contributed by atoms with Gasteiger partial charge in [0.2, 0.25) is 0 Å². The van der Waals surface area contributed by atoms with Crippen LogP contribution in [0.25, 0.3) is 0 Å². The average Bonchev–Trinajstić information content (AvgIpc) is 3.30. The van der Waals surface area contributed by atoms with Crippen molar-refractivity contribution in [3.05, 3.63) is 0 Å². The van der Waals surface area contributed by atoms with E-state index in [-0.39, 0.29) is 18.2 Å². The third-order valence-corrected chi connectivity index (χ3v) is 4.61. The Balaban J connectivity index is 1.71. The van der Waals surface area contributed by atoms with Gasteiger partial charge in [-0.15, -0.1) is 0 Å². The highest BCUT2D eigenvalue weighted by Crippen LogP contribution is 2.28. The molecule has 130 valence electrons. The van der Waals surface area contributed by atoms with Gasteiger partial charge in [0.1, 0.15) is 0 Å². The minimum Gasteiger partial charge on any atom is -0.467 e. The van der Waals surface area contributed by atoms with E-state index in [1.807, 2.05) is 0 Å². The highest BCUT2D eigenvalue weighted by molar-refractivity contribution is 5.77. The molecule has 0 radical (unpaired) electrons. The Morgan fingerprint density at radius 3 is 1.73 bits per heavy atom. The first-order valence-electron chi connectivity index (χ1n) is 9.53. The molecule has 0 aromatic carbocycles. The number of epoxide rings is 1. The molecular formula is C19H36O3. The number of methoxy groups -OCH3 is 1. The van der Waals surface area contributed by atoms with Crippen LogP contribution in [0.2, 0.25) is 0 Å². The quantitative estimate of drug-likeness (QED) is 0.230. The van der Waals surface area contributed by atoms with Crippen LogP contribution in [0.4, 0.5) is 0 Å². The molecule has 1 rings (SSSR count). The van der Waals surface area contributed by atoms with Gasteiger partial charge in [-0.05, 0) is 6.42 Å². The molecule has 0 amide bonds. The van der Waals surface area contributed by atoms with Gasteiger partial charge < -0.3 is 9.47 Å². The number of hydrogen-bond donors (Lipinski definition) is 0. The first-order valence-corrected chi connectivity index (χ1v) is 9.53. The summed E-state index contributed by atoms with van der Waals surface area (Å²) in [6.45, 7) is 2.27. The Labute approximate surface area is 137 Å². The zero-order valence-corrected chi connectivity index (χ0v) is 14.8. The van der Waals surface area contributed by atoms with Crippen LogP contribution in [0.3, 0.4) is 0 Å². The molecule has 0 N–H and O–H groups in total. The van der Waals surface area contributed by atoms with Crippen LogP contribution in [-0.4, -0.2) is 25.3 Å². The van der Waals surface area contributed by atoms with E-state index in [1.54, 1.807) is 0 Å². The third kappa shape index (κ3) is 9.45. The van der Waals surface area contributed by atoms with E-state index in [1.165, 1.54) is 90.6 Å². The van der Waals surface area contributed by atoms with Crippen LogP contribution in [0.5, 0.6) is 0 Å². The summed E-state index contributed by atoms with van der Waals surface area (Å²) in [4.78, 5) is 11.2. The Hall–Kier alpha value is -0.570. The van der Waals surface area contributed by atoms with E-state index in [9.17, 15) is 4.79 Å². The van der Waals surface area contributed by atoms with Crippen molar-refractivity contribution in [3.63, 3.8) is 0 Å². The van der Waals surface area contributed by atoms with Crippen molar-refractivity contribution in [2.75, 3.05) is 7.11 Å². The molecule has 0 aromatic rings. The summed E-state index contributed by atoms with van der Waals surface area (Å²) in [5.41, 5.74) is 0. The van der Waals surface area contributed by atoms with Crippen LogP contribution in [-0.2, 0) is 14.3 Å². The Kier molecular flexibility index (Phi) is 11.4. The molecule has 22 heavy (non-hydrogen) atoms. The second-order valence-electron chi connectivity index (χ2n) is 6.65. The fourth-order valence-corrected chi connectivity index (χ4v) is 3.05. The second-order valence-corrected chi connectivity index (χ2v) is 6.65. The van der Waals surface area contributed by atoms with Crippen molar-refractivity contribution in [2.24, 2.45) is 0 Å². The maximum Gasteiger partial charge on any atom is 0.337 e. The summed E-state index contributed by atoms with van der Waals surface area (Å²) in [6.07, 6.45) is 18.7. The van der Waals surface area contributed by atoms with Gasteiger partial charge in [0.25, 0.3) is 0 Å². The Morgan fingerprint density at radius 2 is 1.27 bits per heavy atom. The van der Waals surface area contributed by atoms with Crippen LogP contribution < -0.4 is 0 Å². The first-order chi connectivity index (χ1) is 10.8. The zero-order chi connectivity index (χ0) is 16.0. The SMILES string of the molecule is CCCCCCCCCCCCCCC[C@H]1O[C@@H]1C(=O)OC. The zero-order valence-electron chi connectivity index (χ0n) is 14.8. The molecule has 1 aliphatic heterocycles. The average molecular weight is 312 g/mol. The minimum atomic E-state index is -0.262. The van der Waals surface area contributed by atoms with Crippen molar-refractivity contribution >= 4 is 5.97 Å². The monoisotopic (exact) mass is 312 g/mol. The first kappa shape index (κ1) is 19.5. The van der Waals surface area contributed by atoms with Gasteiger partial charge in [0.15, 0.2) is 6.10 Å². The molecule has 1 heterocycles. The van der Waals surface area contributed by atoms with Crippen LogP contribution in [0.1, 0.15) is 96.8 Å². The van der Waals surface area contributed by atoms with E-state index in [2.05, 4.69) is 11.7 Å². The van der Waals surface area contributed by atoms with Crippen molar-refractivity contribution in [1.29, 1.82) is 0 Å². The molecule has 1 aliphatic rings. The van der Waals surface area contributed by atoms with Crippen LogP contribution in [0.15, 0.2) is 0 Å². The molecule has 0 aromatic heterocycles. The van der Waals surface area contributed by atoms with Gasteiger partial charge in [-0.1, -0.05) is 90.4 Å². The molecule has 1 fully saturated rings. The Morgan fingerprint density at radius 1 is 0.818 bits per heavy atom. The fourth-order valence-electron chi connectivity index (χ4n) is 3.05. The maximum absolute atomic E-state index is 11.2. The van der Waals surface area contributed by atoms with Crippen LogP contribution in [0, 0.1) is 0 Å². The fraction of sp³-hybridized carbons (Fsp3) is 0.947. The lowest BCUT2D eigenvalue weighted by atomic mass is 10.0. The smallest absolute Gasteiger partial charge is 0.337 e. The molecular weight excluding hydrogens is 276 g/mol. The Bertz CT molecular complexity index is 278. The normalized spacial score (nSPS) is 20.1. The van der Waals surface area contributed by atoms with Gasteiger partial charge in [-0.2, -0.15) is 0 Å². The van der Waals surface area contributed by atoms with E-state index >= 15 is 0 Å². The third-order valence-electron chi connectivity index (χ3n) is 4.61. The number of carbonyl (C=O) groups excluding carboxylic acids is 1. The standard InChI is InChI=1S/C19H36O3/c1-3-4-5-6-7-8-9-10-11-12-13-14-15-16-17-18(22-17)19(20)21-2/h17-18H,3-16H2,1-2H3/t17-,18+/m1/s1.